The summed E-state index contributed by atoms with van der Waals surface area (Å²) in [6.07, 6.45) is 0. The third kappa shape index (κ3) is 5.54. The van der Waals surface area contributed by atoms with Crippen molar-refractivity contribution in [2.24, 2.45) is 0 Å². The van der Waals surface area contributed by atoms with Gasteiger partial charge in [0.2, 0.25) is 5.95 Å². The summed E-state index contributed by atoms with van der Waals surface area (Å²) in [6, 6.07) is 20.2. The molecule has 2 heterocycles. The summed E-state index contributed by atoms with van der Waals surface area (Å²) in [5.74, 6) is 1.73. The minimum Gasteiger partial charge on any atom is -0.497 e. The number of anilines is 5. The molecule has 0 fully saturated rings. The van der Waals surface area contributed by atoms with Gasteiger partial charge in [-0.3, -0.25) is 4.79 Å². The van der Waals surface area contributed by atoms with Gasteiger partial charge in [0.1, 0.15) is 11.6 Å². The highest BCUT2D eigenvalue weighted by Crippen LogP contribution is 2.24. The van der Waals surface area contributed by atoms with Crippen molar-refractivity contribution in [1.82, 2.24) is 9.97 Å². The van der Waals surface area contributed by atoms with Crippen LogP contribution in [0.5, 0.6) is 5.75 Å². The number of aryl methyl sites for hydroxylation is 1. The average molecular weight is 466 g/mol. The number of nitrogens with one attached hydrogen (secondary N) is 3. The van der Waals surface area contributed by atoms with Crippen molar-refractivity contribution in [3.8, 4) is 5.75 Å². The topological polar surface area (TPSA) is 88.2 Å². The number of hydrogen-bond acceptors (Lipinski definition) is 7. The summed E-state index contributed by atoms with van der Waals surface area (Å²) in [5.41, 5.74) is 3.18. The van der Waals surface area contributed by atoms with Crippen molar-refractivity contribution in [3.05, 3.63) is 81.6 Å². The number of ether oxygens (including phenoxy) is 1. The number of carbonyl (C=O) groups is 1. The molecule has 1 amide bonds. The first kappa shape index (κ1) is 21.6. The number of methoxy groups -OCH3 is 1. The van der Waals surface area contributed by atoms with Gasteiger partial charge in [0, 0.05) is 28.8 Å². The van der Waals surface area contributed by atoms with Crippen molar-refractivity contribution >= 4 is 57.7 Å². The Kier molecular flexibility index (Phi) is 6.53. The summed E-state index contributed by atoms with van der Waals surface area (Å²) in [6.45, 7) is 1.90. The Bertz CT molecular complexity index is 1230. The predicted molar refractivity (Wildman–Crippen MR) is 130 cm³/mol. The first-order valence-corrected chi connectivity index (χ1v) is 10.9. The number of carbonyl (C=O) groups excluding carboxylic acids is 1. The fourth-order valence-corrected chi connectivity index (χ4v) is 3.84. The second kappa shape index (κ2) is 9.67. The summed E-state index contributed by atoms with van der Waals surface area (Å²) in [7, 11) is 1.63. The molecule has 0 bridgehead atoms. The monoisotopic (exact) mass is 465 g/mol. The van der Waals surface area contributed by atoms with Gasteiger partial charge in [-0.1, -0.05) is 11.6 Å². The Labute approximate surface area is 194 Å². The van der Waals surface area contributed by atoms with Gasteiger partial charge >= 0.3 is 0 Å². The van der Waals surface area contributed by atoms with Gasteiger partial charge < -0.3 is 20.7 Å². The molecule has 3 N–H and O–H groups in total. The van der Waals surface area contributed by atoms with Gasteiger partial charge in [-0.25, -0.2) is 4.98 Å². The van der Waals surface area contributed by atoms with E-state index in [1.165, 1.54) is 11.3 Å². The zero-order valence-electron chi connectivity index (χ0n) is 17.3. The van der Waals surface area contributed by atoms with Crippen molar-refractivity contribution in [2.45, 2.75) is 6.92 Å². The molecular formula is C23H20ClN5O2S. The van der Waals surface area contributed by atoms with Crippen LogP contribution in [0.1, 0.15) is 15.4 Å². The third-order valence-corrected chi connectivity index (χ3v) is 5.64. The Morgan fingerprint density at radius 1 is 0.906 bits per heavy atom. The lowest BCUT2D eigenvalue weighted by atomic mass is 10.2. The van der Waals surface area contributed by atoms with Crippen LogP contribution in [0.25, 0.3) is 0 Å². The first-order chi connectivity index (χ1) is 15.5. The minimum absolute atomic E-state index is 0.195. The minimum atomic E-state index is -0.195. The quantitative estimate of drug-likeness (QED) is 0.299. The van der Waals surface area contributed by atoms with E-state index >= 15 is 0 Å². The SMILES string of the molecule is COc1ccc(Nc2cc(C)nc(Nc3ccc(NC(=O)c4ccc(Cl)s4)cc3)n2)cc1. The van der Waals surface area contributed by atoms with E-state index in [0.29, 0.717) is 26.7 Å². The van der Waals surface area contributed by atoms with Crippen LogP contribution in [0.15, 0.2) is 66.7 Å². The zero-order chi connectivity index (χ0) is 22.5. The Hall–Kier alpha value is -3.62. The number of benzene rings is 2. The smallest absolute Gasteiger partial charge is 0.265 e. The van der Waals surface area contributed by atoms with Gasteiger partial charge in [-0.15, -0.1) is 11.3 Å². The number of aromatic nitrogens is 2. The molecular weight excluding hydrogens is 446 g/mol. The second-order valence-electron chi connectivity index (χ2n) is 6.83. The zero-order valence-corrected chi connectivity index (χ0v) is 18.9. The maximum atomic E-state index is 12.3. The second-order valence-corrected chi connectivity index (χ2v) is 8.55. The number of rotatable bonds is 7. The van der Waals surface area contributed by atoms with Gasteiger partial charge in [-0.05, 0) is 67.6 Å². The highest BCUT2D eigenvalue weighted by Gasteiger charge is 2.09. The number of amides is 1. The number of hydrogen-bond donors (Lipinski definition) is 3. The van der Waals surface area contributed by atoms with Gasteiger partial charge in [0.05, 0.1) is 16.3 Å². The largest absolute Gasteiger partial charge is 0.497 e. The molecule has 0 saturated heterocycles. The molecule has 9 heteroatoms. The van der Waals surface area contributed by atoms with Crippen LogP contribution in [-0.4, -0.2) is 23.0 Å². The maximum absolute atomic E-state index is 12.3. The molecule has 4 rings (SSSR count). The van der Waals surface area contributed by atoms with Crippen LogP contribution < -0.4 is 20.7 Å². The van der Waals surface area contributed by atoms with Crippen LogP contribution in [0, 0.1) is 6.92 Å². The third-order valence-electron chi connectivity index (χ3n) is 4.41. The van der Waals surface area contributed by atoms with Crippen LogP contribution in [0.3, 0.4) is 0 Å². The lowest BCUT2D eigenvalue weighted by Gasteiger charge is -2.11. The summed E-state index contributed by atoms with van der Waals surface area (Å²) in [5, 5.41) is 9.31. The van der Waals surface area contributed by atoms with E-state index in [9.17, 15) is 4.79 Å². The normalized spacial score (nSPS) is 10.5. The van der Waals surface area contributed by atoms with Crippen LogP contribution in [0.4, 0.5) is 28.8 Å². The molecule has 0 aliphatic heterocycles. The van der Waals surface area contributed by atoms with E-state index in [1.54, 1.807) is 19.2 Å². The highest BCUT2D eigenvalue weighted by atomic mass is 35.5. The molecule has 0 atom stereocenters. The van der Waals surface area contributed by atoms with E-state index in [1.807, 2.05) is 61.5 Å². The molecule has 0 aliphatic carbocycles. The van der Waals surface area contributed by atoms with Crippen LogP contribution >= 0.6 is 22.9 Å². The molecule has 7 nitrogen and oxygen atoms in total. The average Bonchev–Trinajstić information content (AvgIpc) is 3.22. The van der Waals surface area contributed by atoms with E-state index in [0.717, 1.165) is 22.8 Å². The molecule has 4 aromatic rings. The van der Waals surface area contributed by atoms with E-state index in [4.69, 9.17) is 16.3 Å². The fourth-order valence-electron chi connectivity index (χ4n) is 2.91. The van der Waals surface area contributed by atoms with Crippen molar-refractivity contribution in [3.63, 3.8) is 0 Å². The summed E-state index contributed by atoms with van der Waals surface area (Å²) in [4.78, 5) is 21.8. The number of halogens is 1. The van der Waals surface area contributed by atoms with E-state index in [2.05, 4.69) is 25.9 Å². The van der Waals surface area contributed by atoms with Gasteiger partial charge in [-0.2, -0.15) is 4.98 Å². The molecule has 162 valence electrons. The lowest BCUT2D eigenvalue weighted by Crippen LogP contribution is -2.10. The lowest BCUT2D eigenvalue weighted by molar-refractivity contribution is 0.103. The summed E-state index contributed by atoms with van der Waals surface area (Å²) < 4.78 is 5.76. The Morgan fingerprint density at radius 2 is 1.56 bits per heavy atom. The number of nitrogens with zero attached hydrogens (tertiary/aromatic N) is 2. The van der Waals surface area contributed by atoms with Crippen LogP contribution in [0.2, 0.25) is 4.34 Å². The molecule has 2 aromatic heterocycles. The Balaban J connectivity index is 1.42. The molecule has 0 saturated carbocycles. The fraction of sp³-hybridized carbons (Fsp3) is 0.0870. The van der Waals surface area contributed by atoms with Crippen molar-refractivity contribution in [2.75, 3.05) is 23.1 Å². The molecule has 0 aliphatic rings. The predicted octanol–water partition coefficient (Wildman–Crippen LogP) is 6.25. The van der Waals surface area contributed by atoms with Crippen molar-refractivity contribution < 1.29 is 9.53 Å². The highest BCUT2D eigenvalue weighted by molar-refractivity contribution is 7.18. The maximum Gasteiger partial charge on any atom is 0.265 e. The van der Waals surface area contributed by atoms with E-state index in [-0.39, 0.29) is 5.91 Å². The Morgan fingerprint density at radius 3 is 2.22 bits per heavy atom. The standard InChI is InChI=1S/C23H20ClN5O2S/c1-14-13-21(26-15-7-9-18(31-2)10-8-15)29-23(25-14)28-17-5-3-16(4-6-17)27-22(30)19-11-12-20(24)32-19/h3-13H,1-2H3,(H,27,30)(H2,25,26,28,29). The van der Waals surface area contributed by atoms with Crippen LogP contribution in [-0.2, 0) is 0 Å². The molecule has 0 unspecified atom stereocenters. The van der Waals surface area contributed by atoms with Crippen molar-refractivity contribution in [1.29, 1.82) is 0 Å². The van der Waals surface area contributed by atoms with E-state index < -0.39 is 0 Å². The molecule has 2 aromatic carbocycles. The molecule has 0 spiro atoms. The molecule has 32 heavy (non-hydrogen) atoms. The van der Waals surface area contributed by atoms with Gasteiger partial charge in [0.15, 0.2) is 0 Å². The summed E-state index contributed by atoms with van der Waals surface area (Å²) >= 11 is 7.13. The first-order valence-electron chi connectivity index (χ1n) is 9.69. The van der Waals surface area contributed by atoms with Gasteiger partial charge in [0.25, 0.3) is 5.91 Å². The number of thiophene rings is 1. The molecule has 0 radical (unpaired) electrons.